The SMILES string of the molecule is CC(S)n1c(=S)[nH]c2ccccc21. The Kier molecular flexibility index (Phi) is 2.17. The molecule has 0 spiro atoms. The van der Waals surface area contributed by atoms with Crippen molar-refractivity contribution in [2.24, 2.45) is 0 Å². The molecule has 1 heterocycles. The van der Waals surface area contributed by atoms with E-state index in [2.05, 4.69) is 17.6 Å². The first kappa shape index (κ1) is 8.84. The number of para-hydroxylation sites is 2. The van der Waals surface area contributed by atoms with Gasteiger partial charge in [0.05, 0.1) is 16.4 Å². The molecular formula is C9H10N2S2. The number of thiol groups is 1. The number of nitrogens with zero attached hydrogens (tertiary/aromatic N) is 1. The second-order valence-corrected chi connectivity index (χ2v) is 4.08. The molecule has 13 heavy (non-hydrogen) atoms. The molecule has 4 heteroatoms. The van der Waals surface area contributed by atoms with Crippen LogP contribution >= 0.6 is 24.8 Å². The summed E-state index contributed by atoms with van der Waals surface area (Å²) >= 11 is 9.56. The topological polar surface area (TPSA) is 20.7 Å². The first-order valence-electron chi connectivity index (χ1n) is 4.07. The number of aromatic amines is 1. The minimum Gasteiger partial charge on any atom is -0.331 e. The van der Waals surface area contributed by atoms with Crippen molar-refractivity contribution in [3.63, 3.8) is 0 Å². The third kappa shape index (κ3) is 1.40. The third-order valence-electron chi connectivity index (χ3n) is 2.00. The standard InChI is InChI=1S/C9H10N2S2/c1-6(12)11-8-5-3-2-4-7(8)10-9(11)13/h2-6,12H,1H3,(H,10,13). The summed E-state index contributed by atoms with van der Waals surface area (Å²) in [6.07, 6.45) is 0. The molecule has 0 bridgehead atoms. The smallest absolute Gasteiger partial charge is 0.179 e. The van der Waals surface area contributed by atoms with Crippen LogP contribution in [0.5, 0.6) is 0 Å². The van der Waals surface area contributed by atoms with Gasteiger partial charge in [-0.05, 0) is 31.3 Å². The Hall–Kier alpha value is -0.740. The van der Waals surface area contributed by atoms with Crippen molar-refractivity contribution in [3.05, 3.63) is 29.0 Å². The molecule has 2 rings (SSSR count). The van der Waals surface area contributed by atoms with Crippen LogP contribution < -0.4 is 0 Å². The van der Waals surface area contributed by atoms with Gasteiger partial charge in [0.1, 0.15) is 0 Å². The molecule has 0 amide bonds. The molecule has 0 aliphatic heterocycles. The fourth-order valence-electron chi connectivity index (χ4n) is 1.45. The Labute approximate surface area is 87.0 Å². The van der Waals surface area contributed by atoms with E-state index >= 15 is 0 Å². The maximum Gasteiger partial charge on any atom is 0.179 e. The van der Waals surface area contributed by atoms with Crippen molar-refractivity contribution in [2.45, 2.75) is 12.3 Å². The number of H-pyrrole nitrogens is 1. The van der Waals surface area contributed by atoms with E-state index < -0.39 is 0 Å². The second kappa shape index (κ2) is 3.20. The van der Waals surface area contributed by atoms with E-state index in [1.807, 2.05) is 35.8 Å². The minimum absolute atomic E-state index is 0.101. The third-order valence-corrected chi connectivity index (χ3v) is 2.53. The van der Waals surface area contributed by atoms with E-state index in [1.165, 1.54) is 0 Å². The summed E-state index contributed by atoms with van der Waals surface area (Å²) in [7, 11) is 0. The van der Waals surface area contributed by atoms with Crippen LogP contribution in [0.2, 0.25) is 0 Å². The molecule has 2 nitrogen and oxygen atoms in total. The molecule has 0 aliphatic rings. The maximum atomic E-state index is 5.19. The zero-order chi connectivity index (χ0) is 9.42. The number of hydrogen-bond acceptors (Lipinski definition) is 2. The van der Waals surface area contributed by atoms with Crippen LogP contribution in [0.3, 0.4) is 0 Å². The summed E-state index contributed by atoms with van der Waals surface area (Å²) in [5.74, 6) is 0. The van der Waals surface area contributed by atoms with Crippen molar-refractivity contribution in [1.82, 2.24) is 9.55 Å². The summed E-state index contributed by atoms with van der Waals surface area (Å²) in [6, 6.07) is 8.03. The molecule has 0 saturated carbocycles. The van der Waals surface area contributed by atoms with E-state index in [0.717, 1.165) is 15.8 Å². The summed E-state index contributed by atoms with van der Waals surface area (Å²) in [5, 5.41) is 0.101. The number of nitrogens with one attached hydrogen (secondary N) is 1. The van der Waals surface area contributed by atoms with Crippen molar-refractivity contribution in [1.29, 1.82) is 0 Å². The molecule has 1 aromatic heterocycles. The monoisotopic (exact) mass is 210 g/mol. The Morgan fingerprint density at radius 1 is 1.46 bits per heavy atom. The highest BCUT2D eigenvalue weighted by atomic mass is 32.1. The molecule has 1 atom stereocenters. The summed E-state index contributed by atoms with van der Waals surface area (Å²) < 4.78 is 2.72. The summed E-state index contributed by atoms with van der Waals surface area (Å²) in [4.78, 5) is 3.14. The molecule has 1 aromatic carbocycles. The van der Waals surface area contributed by atoms with Crippen LogP contribution in [0.25, 0.3) is 11.0 Å². The van der Waals surface area contributed by atoms with E-state index in [1.54, 1.807) is 0 Å². The number of aromatic nitrogens is 2. The molecule has 1 N–H and O–H groups in total. The second-order valence-electron chi connectivity index (χ2n) is 2.95. The minimum atomic E-state index is 0.101. The van der Waals surface area contributed by atoms with Crippen LogP contribution in [0.1, 0.15) is 12.3 Å². The van der Waals surface area contributed by atoms with Gasteiger partial charge in [-0.25, -0.2) is 0 Å². The van der Waals surface area contributed by atoms with Gasteiger partial charge < -0.3 is 9.55 Å². The average molecular weight is 210 g/mol. The van der Waals surface area contributed by atoms with Crippen LogP contribution in [0.4, 0.5) is 0 Å². The van der Waals surface area contributed by atoms with Gasteiger partial charge in [0, 0.05) is 0 Å². The Morgan fingerprint density at radius 2 is 2.15 bits per heavy atom. The van der Waals surface area contributed by atoms with Crippen molar-refractivity contribution in [2.75, 3.05) is 0 Å². The van der Waals surface area contributed by atoms with E-state index in [4.69, 9.17) is 12.2 Å². The lowest BCUT2D eigenvalue weighted by molar-refractivity contribution is 0.757. The van der Waals surface area contributed by atoms with Gasteiger partial charge in [-0.15, -0.1) is 0 Å². The quantitative estimate of drug-likeness (QED) is 0.547. The maximum absolute atomic E-state index is 5.19. The van der Waals surface area contributed by atoms with Crippen LogP contribution in [0, 0.1) is 4.77 Å². The molecule has 68 valence electrons. The lowest BCUT2D eigenvalue weighted by Gasteiger charge is -2.06. The predicted octanol–water partition coefficient (Wildman–Crippen LogP) is 3.15. The average Bonchev–Trinajstić information content (AvgIpc) is 2.39. The van der Waals surface area contributed by atoms with Crippen LogP contribution in [0.15, 0.2) is 24.3 Å². The first-order chi connectivity index (χ1) is 6.20. The van der Waals surface area contributed by atoms with E-state index in [0.29, 0.717) is 0 Å². The van der Waals surface area contributed by atoms with Gasteiger partial charge >= 0.3 is 0 Å². The van der Waals surface area contributed by atoms with Gasteiger partial charge in [0.15, 0.2) is 4.77 Å². The number of imidazole rings is 1. The van der Waals surface area contributed by atoms with Crippen LogP contribution in [-0.4, -0.2) is 9.55 Å². The Bertz CT molecular complexity index is 482. The molecule has 0 aliphatic carbocycles. The molecule has 2 aromatic rings. The molecule has 0 fully saturated rings. The number of hydrogen-bond donors (Lipinski definition) is 2. The van der Waals surface area contributed by atoms with E-state index in [9.17, 15) is 0 Å². The lowest BCUT2D eigenvalue weighted by atomic mass is 10.3. The zero-order valence-electron chi connectivity index (χ0n) is 7.19. The first-order valence-corrected chi connectivity index (χ1v) is 5.00. The highest BCUT2D eigenvalue weighted by Crippen LogP contribution is 2.20. The van der Waals surface area contributed by atoms with E-state index in [-0.39, 0.29) is 5.37 Å². The largest absolute Gasteiger partial charge is 0.331 e. The van der Waals surface area contributed by atoms with Crippen molar-refractivity contribution >= 4 is 35.9 Å². The van der Waals surface area contributed by atoms with Gasteiger partial charge in [0.25, 0.3) is 0 Å². The predicted molar refractivity (Wildman–Crippen MR) is 60.8 cm³/mol. The summed E-state index contributed by atoms with van der Waals surface area (Å²) in [6.45, 7) is 2.00. The number of rotatable bonds is 1. The van der Waals surface area contributed by atoms with Crippen molar-refractivity contribution < 1.29 is 0 Å². The normalized spacial score (nSPS) is 13.4. The van der Waals surface area contributed by atoms with Gasteiger partial charge in [-0.3, -0.25) is 0 Å². The highest BCUT2D eigenvalue weighted by Gasteiger charge is 2.05. The fraction of sp³-hybridized carbons (Fsp3) is 0.222. The molecular weight excluding hydrogens is 200 g/mol. The Morgan fingerprint density at radius 3 is 2.85 bits per heavy atom. The molecule has 0 radical (unpaired) electrons. The van der Waals surface area contributed by atoms with Gasteiger partial charge in [0.2, 0.25) is 0 Å². The van der Waals surface area contributed by atoms with Gasteiger partial charge in [-0.2, -0.15) is 12.6 Å². The number of benzene rings is 1. The Balaban J connectivity index is 2.87. The van der Waals surface area contributed by atoms with Crippen LogP contribution in [-0.2, 0) is 0 Å². The molecule has 0 saturated heterocycles. The van der Waals surface area contributed by atoms with Gasteiger partial charge in [-0.1, -0.05) is 12.1 Å². The van der Waals surface area contributed by atoms with Crippen molar-refractivity contribution in [3.8, 4) is 0 Å². The summed E-state index contributed by atoms with van der Waals surface area (Å²) in [5.41, 5.74) is 2.17. The lowest BCUT2D eigenvalue weighted by Crippen LogP contribution is -1.97. The zero-order valence-corrected chi connectivity index (χ0v) is 8.90. The number of fused-ring (bicyclic) bond motifs is 1. The fourth-order valence-corrected chi connectivity index (χ4v) is 2.13. The molecule has 1 unspecified atom stereocenters. The highest BCUT2D eigenvalue weighted by molar-refractivity contribution is 7.80.